The summed E-state index contributed by atoms with van der Waals surface area (Å²) >= 11 is 0. The number of carbonyl (C=O) groups excluding carboxylic acids is 1. The molecule has 12 nitrogen and oxygen atoms in total. The van der Waals surface area contributed by atoms with Crippen molar-refractivity contribution < 1.29 is 40.6 Å². The molecule has 0 radical (unpaired) electrons. The number of hydrogen-bond donors (Lipinski definition) is 2. The Morgan fingerprint density at radius 3 is 2.53 bits per heavy atom. The van der Waals surface area contributed by atoms with E-state index in [1.54, 1.807) is 7.05 Å². The van der Waals surface area contributed by atoms with Crippen LogP contribution in [0, 0.1) is 5.82 Å². The molecule has 1 fully saturated rings. The molecule has 2 atom stereocenters. The number of aromatic nitrogens is 5. The van der Waals surface area contributed by atoms with Crippen LogP contribution in [-0.2, 0) is 28.0 Å². The molecule has 4 aromatic heterocycles. The van der Waals surface area contributed by atoms with Crippen LogP contribution in [0.15, 0.2) is 54.1 Å². The quantitative estimate of drug-likeness (QED) is 0.284. The van der Waals surface area contributed by atoms with Gasteiger partial charge in [-0.15, -0.1) is 0 Å². The van der Waals surface area contributed by atoms with Crippen molar-refractivity contribution in [1.82, 2.24) is 33.9 Å². The fraction of sp³-hybridized carbons (Fsp3) is 0.385. The summed E-state index contributed by atoms with van der Waals surface area (Å²) in [7, 11) is -2.41. The van der Waals surface area contributed by atoms with E-state index in [1.807, 2.05) is 0 Å². The summed E-state index contributed by atoms with van der Waals surface area (Å²) in [6.07, 6.45) is 0.164. The Morgan fingerprint density at radius 2 is 1.91 bits per heavy atom. The minimum atomic E-state index is -4.78. The SMILES string of the molecule is Cn1cc(S(=O)(=O)N2C[C@@H](NC(=O)c3cc4c(ccn4-c4ncc(C(F)(F)F)cc4F)cn3)[C@H](OCC(C)(C)O)C2)cn1. The number of nitrogens with one attached hydrogen (secondary N) is 1. The number of halogens is 4. The summed E-state index contributed by atoms with van der Waals surface area (Å²) in [5, 5.41) is 17.2. The molecule has 1 saturated heterocycles. The van der Waals surface area contributed by atoms with Crippen LogP contribution in [0.3, 0.4) is 0 Å². The molecule has 1 aliphatic rings. The number of fused-ring (bicyclic) bond motifs is 1. The molecule has 2 N–H and O–H groups in total. The molecule has 0 spiro atoms. The van der Waals surface area contributed by atoms with Gasteiger partial charge in [-0.05, 0) is 32.0 Å². The van der Waals surface area contributed by atoms with Crippen molar-refractivity contribution in [2.45, 2.75) is 42.7 Å². The zero-order valence-electron chi connectivity index (χ0n) is 23.1. The van der Waals surface area contributed by atoms with Crippen molar-refractivity contribution in [3.05, 3.63) is 66.3 Å². The zero-order valence-corrected chi connectivity index (χ0v) is 23.9. The molecule has 43 heavy (non-hydrogen) atoms. The molecule has 0 aliphatic carbocycles. The third kappa shape index (κ3) is 6.39. The molecule has 4 aromatic rings. The zero-order chi connectivity index (χ0) is 31.3. The Kier molecular flexibility index (Phi) is 7.78. The van der Waals surface area contributed by atoms with Gasteiger partial charge in [0.1, 0.15) is 10.6 Å². The second kappa shape index (κ2) is 11.0. The first kappa shape index (κ1) is 30.5. The van der Waals surface area contributed by atoms with Gasteiger partial charge in [0.25, 0.3) is 5.91 Å². The average molecular weight is 626 g/mol. The standard InChI is InChI=1S/C26H27F4N7O5S/c1-25(2,39)14-42-22-13-36(43(40,41)17-10-33-35(3)11-17)12-20(22)34-24(38)19-7-21-15(8-31-19)4-5-37(21)23-18(27)6-16(9-32-23)26(28,29)30/h4-11,20,22,39H,12-14H2,1-3H3,(H,34,38)/t20-,22-/m1/s1. The minimum Gasteiger partial charge on any atom is -0.388 e. The maximum Gasteiger partial charge on any atom is 0.417 e. The first-order chi connectivity index (χ1) is 20.0. The van der Waals surface area contributed by atoms with Crippen molar-refractivity contribution in [2.75, 3.05) is 19.7 Å². The highest BCUT2D eigenvalue weighted by molar-refractivity contribution is 7.89. The van der Waals surface area contributed by atoms with Gasteiger partial charge < -0.3 is 15.2 Å². The number of aliphatic hydroxyl groups is 1. The number of alkyl halides is 3. The van der Waals surface area contributed by atoms with Crippen molar-refractivity contribution in [1.29, 1.82) is 0 Å². The lowest BCUT2D eigenvalue weighted by molar-refractivity contribution is -0.138. The minimum absolute atomic E-state index is 0.0415. The maximum atomic E-state index is 14.7. The second-order valence-corrected chi connectivity index (χ2v) is 12.7. The van der Waals surface area contributed by atoms with Gasteiger partial charge in [-0.25, -0.2) is 17.8 Å². The molecule has 230 valence electrons. The van der Waals surface area contributed by atoms with Gasteiger partial charge >= 0.3 is 6.18 Å². The van der Waals surface area contributed by atoms with E-state index in [4.69, 9.17) is 4.74 Å². The highest BCUT2D eigenvalue weighted by Gasteiger charge is 2.42. The van der Waals surface area contributed by atoms with Crippen LogP contribution >= 0.6 is 0 Å². The summed E-state index contributed by atoms with van der Waals surface area (Å²) in [4.78, 5) is 21.1. The first-order valence-electron chi connectivity index (χ1n) is 12.9. The van der Waals surface area contributed by atoms with Crippen molar-refractivity contribution >= 4 is 26.8 Å². The van der Waals surface area contributed by atoms with E-state index in [2.05, 4.69) is 20.4 Å². The smallest absolute Gasteiger partial charge is 0.388 e. The van der Waals surface area contributed by atoms with Crippen molar-refractivity contribution in [3.8, 4) is 5.82 Å². The lowest BCUT2D eigenvalue weighted by Gasteiger charge is -2.24. The fourth-order valence-electron chi connectivity index (χ4n) is 4.58. The molecule has 0 saturated carbocycles. The number of sulfonamides is 1. The van der Waals surface area contributed by atoms with Gasteiger partial charge in [-0.1, -0.05) is 0 Å². The Bertz CT molecular complexity index is 1780. The van der Waals surface area contributed by atoms with E-state index in [1.165, 1.54) is 60.0 Å². The van der Waals surface area contributed by atoms with E-state index in [0.29, 0.717) is 17.6 Å². The van der Waals surface area contributed by atoms with E-state index in [9.17, 15) is 35.9 Å². The average Bonchev–Trinajstić information content (AvgIpc) is 3.65. The third-order valence-electron chi connectivity index (χ3n) is 6.70. The van der Waals surface area contributed by atoms with Gasteiger partial charge in [-0.2, -0.15) is 22.6 Å². The van der Waals surface area contributed by atoms with E-state index in [-0.39, 0.29) is 35.8 Å². The van der Waals surface area contributed by atoms with Crippen molar-refractivity contribution in [3.63, 3.8) is 0 Å². The molecule has 5 rings (SSSR count). The Labute approximate surface area is 243 Å². The van der Waals surface area contributed by atoms with Crippen LogP contribution in [0.5, 0.6) is 0 Å². The predicted molar refractivity (Wildman–Crippen MR) is 143 cm³/mol. The Hall–Kier alpha value is -3.93. The van der Waals surface area contributed by atoms with Crippen LogP contribution in [-0.4, -0.2) is 85.5 Å². The van der Waals surface area contributed by atoms with E-state index >= 15 is 0 Å². The predicted octanol–water partition coefficient (Wildman–Crippen LogP) is 2.27. The second-order valence-electron chi connectivity index (χ2n) is 10.8. The lowest BCUT2D eigenvalue weighted by atomic mass is 10.1. The molecular weight excluding hydrogens is 598 g/mol. The number of nitrogens with zero attached hydrogens (tertiary/aromatic N) is 6. The number of carbonyl (C=O) groups is 1. The molecule has 0 aromatic carbocycles. The largest absolute Gasteiger partial charge is 0.417 e. The third-order valence-corrected chi connectivity index (χ3v) is 8.49. The molecular formula is C26H27F4N7O5S. The summed E-state index contributed by atoms with van der Waals surface area (Å²) in [6, 6.07) is 2.33. The molecule has 5 heterocycles. The summed E-state index contributed by atoms with van der Waals surface area (Å²) in [6.45, 7) is 2.62. The van der Waals surface area contributed by atoms with Gasteiger partial charge in [0.2, 0.25) is 10.0 Å². The molecule has 0 bridgehead atoms. The molecule has 1 amide bonds. The number of pyridine rings is 2. The van der Waals surface area contributed by atoms with Crippen LogP contribution in [0.2, 0.25) is 0 Å². The summed E-state index contributed by atoms with van der Waals surface area (Å²) < 4.78 is 89.6. The normalized spacial score (nSPS) is 18.4. The van der Waals surface area contributed by atoms with Gasteiger partial charge in [-0.3, -0.25) is 19.0 Å². The first-order valence-corrected chi connectivity index (χ1v) is 14.3. The van der Waals surface area contributed by atoms with Crippen LogP contribution < -0.4 is 5.32 Å². The Morgan fingerprint density at radius 1 is 1.16 bits per heavy atom. The fourth-order valence-corrected chi connectivity index (χ4v) is 6.04. The van der Waals surface area contributed by atoms with Crippen LogP contribution in [0.4, 0.5) is 17.6 Å². The van der Waals surface area contributed by atoms with Crippen LogP contribution in [0.1, 0.15) is 29.9 Å². The van der Waals surface area contributed by atoms with Gasteiger partial charge in [0.15, 0.2) is 11.6 Å². The van der Waals surface area contributed by atoms with E-state index in [0.717, 1.165) is 4.31 Å². The molecule has 0 unspecified atom stereocenters. The highest BCUT2D eigenvalue weighted by Crippen LogP contribution is 2.31. The summed E-state index contributed by atoms with van der Waals surface area (Å²) in [5.74, 6) is -2.34. The number of ether oxygens (including phenoxy) is 1. The van der Waals surface area contributed by atoms with Crippen LogP contribution in [0.25, 0.3) is 16.7 Å². The molecule has 1 aliphatic heterocycles. The number of aryl methyl sites for hydroxylation is 1. The topological polar surface area (TPSA) is 144 Å². The summed E-state index contributed by atoms with van der Waals surface area (Å²) in [5.41, 5.74) is -2.36. The van der Waals surface area contributed by atoms with Gasteiger partial charge in [0, 0.05) is 50.3 Å². The number of hydrogen-bond acceptors (Lipinski definition) is 8. The highest BCUT2D eigenvalue weighted by atomic mass is 32.2. The number of rotatable bonds is 8. The number of amides is 1. The van der Waals surface area contributed by atoms with Gasteiger partial charge in [0.05, 0.1) is 41.6 Å². The monoisotopic (exact) mass is 625 g/mol. The Balaban J connectivity index is 1.41. The van der Waals surface area contributed by atoms with Crippen molar-refractivity contribution in [2.24, 2.45) is 7.05 Å². The molecule has 17 heteroatoms. The van der Waals surface area contributed by atoms with E-state index < -0.39 is 57.1 Å². The maximum absolute atomic E-state index is 14.7. The lowest BCUT2D eigenvalue weighted by Crippen LogP contribution is -2.45.